The van der Waals surface area contributed by atoms with E-state index in [1.54, 1.807) is 63.8 Å². The Kier molecular flexibility index (Phi) is 25.2. The molecule has 0 saturated carbocycles. The molecule has 0 aliphatic carbocycles. The first-order chi connectivity index (χ1) is 19.2. The van der Waals surface area contributed by atoms with Gasteiger partial charge in [-0.05, 0) is 32.9 Å². The Morgan fingerprint density at radius 3 is 1.75 bits per heavy atom. The number of ether oxygens (including phenoxy) is 1. The van der Waals surface area contributed by atoms with E-state index in [-0.39, 0.29) is 17.1 Å². The highest BCUT2D eigenvalue weighted by Crippen LogP contribution is 2.25. The molecule has 11 nitrogen and oxygen atoms in total. The van der Waals surface area contributed by atoms with E-state index in [0.29, 0.717) is 37.7 Å². The molecule has 0 aliphatic heterocycles. The van der Waals surface area contributed by atoms with E-state index in [1.165, 1.54) is 6.07 Å². The van der Waals surface area contributed by atoms with Crippen LogP contribution in [0.1, 0.15) is 36.7 Å². The van der Waals surface area contributed by atoms with Crippen LogP contribution in [-0.4, -0.2) is 86.3 Å². The summed E-state index contributed by atoms with van der Waals surface area (Å²) in [5.41, 5.74) is 0.801. The van der Waals surface area contributed by atoms with Crippen LogP contribution in [0.4, 0.5) is 0 Å². The summed E-state index contributed by atoms with van der Waals surface area (Å²) >= 11 is 0. The lowest BCUT2D eigenvalue weighted by molar-refractivity contribution is 0.103. The van der Waals surface area contributed by atoms with Crippen LogP contribution in [-0.2, 0) is 35.5 Å². The number of hydrogen-bond donors (Lipinski definition) is 1. The predicted molar refractivity (Wildman–Crippen MR) is 154 cm³/mol. The minimum Gasteiger partial charge on any atom is -0.507 e. The average Bonchev–Trinajstić information content (AvgIpc) is 2.97. The number of ketones is 1. The van der Waals surface area contributed by atoms with Gasteiger partial charge >= 0.3 is 27.6 Å². The van der Waals surface area contributed by atoms with Crippen molar-refractivity contribution in [3.63, 3.8) is 0 Å². The summed E-state index contributed by atoms with van der Waals surface area (Å²) < 4.78 is 52.4. The highest BCUT2D eigenvalue weighted by Gasteiger charge is 2.29. The van der Waals surface area contributed by atoms with Gasteiger partial charge in [-0.3, -0.25) is 13.7 Å². The molecule has 40 heavy (non-hydrogen) atoms. The van der Waals surface area contributed by atoms with Gasteiger partial charge in [-0.25, -0.2) is 0 Å². The number of aromatic hydroxyl groups is 1. The number of hydrogen-bond acceptors (Lipinski definition) is 11. The van der Waals surface area contributed by atoms with Crippen molar-refractivity contribution in [1.82, 2.24) is 0 Å². The van der Waals surface area contributed by atoms with Crippen LogP contribution in [0.25, 0.3) is 0 Å². The van der Waals surface area contributed by atoms with Gasteiger partial charge in [0.25, 0.3) is 0 Å². The minimum absolute atomic E-state index is 0.0876. The molecule has 2 aromatic carbocycles. The van der Waals surface area contributed by atoms with Crippen molar-refractivity contribution in [2.24, 2.45) is 0 Å². The molecule has 0 unspecified atom stereocenters. The van der Waals surface area contributed by atoms with Crippen molar-refractivity contribution < 1.29 is 50.1 Å². The van der Waals surface area contributed by atoms with Crippen LogP contribution >= 0.6 is 0 Å². The fourth-order valence-corrected chi connectivity index (χ4v) is 3.88. The molecule has 0 amide bonds. The fraction of sp³-hybridized carbons (Fsp3) is 0.423. The molecule has 0 heterocycles. The molecule has 2 aromatic rings. The zero-order chi connectivity index (χ0) is 30.8. The third-order valence-electron chi connectivity index (χ3n) is 4.52. The van der Waals surface area contributed by atoms with Crippen molar-refractivity contribution in [2.75, 3.05) is 47.8 Å². The van der Waals surface area contributed by atoms with Crippen molar-refractivity contribution in [1.29, 1.82) is 0 Å². The lowest BCUT2D eigenvalue weighted by Crippen LogP contribution is -2.38. The molecule has 0 aromatic heterocycles. The van der Waals surface area contributed by atoms with E-state index < -0.39 is 27.6 Å². The number of phenols is 1. The Bertz CT molecular complexity index is 945. The molecule has 0 saturated heterocycles. The van der Waals surface area contributed by atoms with E-state index >= 15 is 0 Å². The minimum atomic E-state index is -2.17. The zero-order valence-corrected chi connectivity index (χ0v) is 27.3. The summed E-state index contributed by atoms with van der Waals surface area (Å²) in [6.45, 7) is 13.5. The highest BCUT2D eigenvalue weighted by molar-refractivity contribution is 6.58. The molecule has 0 bridgehead atoms. The summed E-state index contributed by atoms with van der Waals surface area (Å²) in [6, 6.07) is 13.5. The van der Waals surface area contributed by atoms with Crippen LogP contribution in [0.15, 0.2) is 61.2 Å². The molecule has 1 N–H and O–H groups in total. The van der Waals surface area contributed by atoms with Gasteiger partial charge in [-0.2, -0.15) is 0 Å². The van der Waals surface area contributed by atoms with Crippen LogP contribution in [0.2, 0.25) is 6.55 Å². The molecule has 14 heteroatoms. The first-order valence-electron chi connectivity index (χ1n) is 12.2. The lowest BCUT2D eigenvalue weighted by atomic mass is 10.0. The van der Waals surface area contributed by atoms with E-state index in [1.807, 2.05) is 33.4 Å². The monoisotopic (exact) mass is 613 g/mol. The first-order valence-corrected chi connectivity index (χ1v) is 16.5. The fourth-order valence-electron chi connectivity index (χ4n) is 2.42. The number of rotatable bonds is 14. The second-order valence-electron chi connectivity index (χ2n) is 7.08. The summed E-state index contributed by atoms with van der Waals surface area (Å²) in [4.78, 5) is 12.2. The summed E-state index contributed by atoms with van der Waals surface area (Å²) in [6.07, 6.45) is 1.61. The third kappa shape index (κ3) is 17.9. The Hall–Kier alpha value is -2.54. The van der Waals surface area contributed by atoms with Crippen molar-refractivity contribution in [3.05, 3.63) is 72.3 Å². The van der Waals surface area contributed by atoms with Gasteiger partial charge in [0.1, 0.15) is 18.1 Å². The van der Waals surface area contributed by atoms with Gasteiger partial charge in [-0.15, -0.1) is 0 Å². The Labute approximate surface area is 242 Å². The molecule has 0 atom stereocenters. The second kappa shape index (κ2) is 25.4. The average molecular weight is 614 g/mol. The maximum Gasteiger partial charge on any atom is 0.577 e. The van der Waals surface area contributed by atoms with Crippen LogP contribution in [0, 0.1) is 0 Å². The smallest absolute Gasteiger partial charge is 0.507 e. The number of carbonyl (C=O) groups is 1. The van der Waals surface area contributed by atoms with E-state index in [2.05, 4.69) is 6.58 Å². The maximum absolute atomic E-state index is 12.2. The Balaban J connectivity index is 0. The van der Waals surface area contributed by atoms with Gasteiger partial charge in [0.05, 0.1) is 5.56 Å². The number of phenolic OH excluding ortho intramolecular Hbond substituents is 1. The van der Waals surface area contributed by atoms with Crippen LogP contribution in [0.5, 0.6) is 11.5 Å². The molecule has 223 valence electrons. The second-order valence-corrected chi connectivity index (χ2v) is 11.6. The topological polar surface area (TPSA) is 136 Å². The third-order valence-corrected chi connectivity index (χ3v) is 8.31. The Morgan fingerprint density at radius 1 is 0.925 bits per heavy atom. The molecular weight excluding hydrogens is 573 g/mol. The van der Waals surface area contributed by atoms with Crippen molar-refractivity contribution >= 4 is 33.4 Å². The van der Waals surface area contributed by atoms with Gasteiger partial charge in [0.15, 0.2) is 5.78 Å². The summed E-state index contributed by atoms with van der Waals surface area (Å²) in [5.74, 6) is 0.200. The van der Waals surface area contributed by atoms with Gasteiger partial charge in [-0.1, -0.05) is 43.0 Å². The Morgan fingerprint density at radius 2 is 1.40 bits per heavy atom. The molecule has 0 spiro atoms. The van der Waals surface area contributed by atoms with Gasteiger partial charge in [0.2, 0.25) is 0 Å². The molecule has 0 aliphatic rings. The van der Waals surface area contributed by atoms with E-state index in [0.717, 1.165) is 0 Å². The molecule has 2 rings (SSSR count). The number of carbonyl (C=O) groups excluding carboxylic acids is 1. The van der Waals surface area contributed by atoms with E-state index in [9.17, 15) is 9.90 Å². The highest BCUT2D eigenvalue weighted by atomic mass is 28.4. The van der Waals surface area contributed by atoms with Crippen molar-refractivity contribution in [3.8, 4) is 11.5 Å². The van der Waals surface area contributed by atoms with E-state index in [4.69, 9.17) is 40.2 Å². The van der Waals surface area contributed by atoms with Crippen LogP contribution in [0.3, 0.4) is 0 Å². The zero-order valence-electron chi connectivity index (χ0n) is 24.3. The normalized spacial score (nSPS) is 10.0. The molecule has 0 fully saturated rings. The lowest BCUT2D eigenvalue weighted by Gasteiger charge is -2.18. The summed E-state index contributed by atoms with van der Waals surface area (Å²) in [7, 11) is -0.238. The van der Waals surface area contributed by atoms with Gasteiger partial charge < -0.3 is 36.4 Å². The van der Waals surface area contributed by atoms with Gasteiger partial charge in [0, 0.05) is 59.3 Å². The number of benzene rings is 2. The maximum atomic E-state index is 12.2. The SMILES string of the molecule is C=CCOc1ccc(C(=O)c2ccccc2)c(O)c1.CCO[Si](OCC)OCC.CO[Si](C)(OC)OC.O=[Si]=O. The molecular formula is C26H41O11Si3. The molecule has 1 radical (unpaired) electrons. The summed E-state index contributed by atoms with van der Waals surface area (Å²) in [5, 5.41) is 9.90. The largest absolute Gasteiger partial charge is 0.577 e. The standard InChI is InChI=1S/C16H14O3.C6H15O3Si.C4H12O3Si.O2Si/c1-2-10-19-13-8-9-14(15(17)11-13)16(18)12-6-4-3-5-7-12;1-4-7-10(8-5-2)9-6-3;1-5-8(4,6-2)7-3;1-3-2/h2-9,11,17H,1,10H2;4-6H2,1-3H3;1-4H3;. The quantitative estimate of drug-likeness (QED) is 0.187. The predicted octanol–water partition coefficient (Wildman–Crippen LogP) is 4.14. The van der Waals surface area contributed by atoms with Crippen LogP contribution < -0.4 is 4.74 Å². The first kappa shape index (κ1) is 39.6. The van der Waals surface area contributed by atoms with Crippen molar-refractivity contribution in [2.45, 2.75) is 27.3 Å².